The van der Waals surface area contributed by atoms with Crippen molar-refractivity contribution in [3.05, 3.63) is 65.5 Å². The zero-order valence-electron chi connectivity index (χ0n) is 11.3. The largest absolute Gasteiger partial charge is 0.386 e. The molecule has 2 rings (SSSR count). The summed E-state index contributed by atoms with van der Waals surface area (Å²) in [6.07, 6.45) is -1.28. The fourth-order valence-electron chi connectivity index (χ4n) is 1.82. The molecule has 116 valence electrons. The molecular weight excluding hydrogens is 297 g/mol. The topological polar surface area (TPSA) is 61.4 Å². The molecule has 0 radical (unpaired) electrons. The van der Waals surface area contributed by atoms with E-state index in [2.05, 4.69) is 5.32 Å². The maximum Gasteiger partial charge on any atom is 0.319 e. The van der Waals surface area contributed by atoms with Crippen molar-refractivity contribution in [1.29, 1.82) is 0 Å². The Hall–Kier alpha value is -2.54. The minimum atomic E-state index is -1.28. The maximum atomic E-state index is 13.4. The number of amides is 2. The van der Waals surface area contributed by atoms with Gasteiger partial charge in [-0.15, -0.1) is 0 Å². The molecule has 0 aliphatic rings. The molecule has 3 N–H and O–H groups in total. The van der Waals surface area contributed by atoms with E-state index in [4.69, 9.17) is 0 Å². The van der Waals surface area contributed by atoms with Crippen LogP contribution in [0.3, 0.4) is 0 Å². The van der Waals surface area contributed by atoms with Crippen LogP contribution in [-0.4, -0.2) is 17.7 Å². The lowest BCUT2D eigenvalue weighted by Crippen LogP contribution is -2.33. The van der Waals surface area contributed by atoms with Gasteiger partial charge in [0, 0.05) is 12.1 Å². The van der Waals surface area contributed by atoms with Crippen LogP contribution in [0.5, 0.6) is 0 Å². The highest BCUT2D eigenvalue weighted by molar-refractivity contribution is 5.89. The Morgan fingerprint density at radius 2 is 1.59 bits per heavy atom. The molecule has 1 atom stereocenters. The third-order valence-corrected chi connectivity index (χ3v) is 2.92. The first-order valence-electron chi connectivity index (χ1n) is 6.40. The van der Waals surface area contributed by atoms with E-state index in [0.29, 0.717) is 0 Å². The van der Waals surface area contributed by atoms with Gasteiger partial charge in [-0.25, -0.2) is 18.0 Å². The summed E-state index contributed by atoms with van der Waals surface area (Å²) in [5, 5.41) is 14.0. The van der Waals surface area contributed by atoms with Gasteiger partial charge in [0.25, 0.3) is 0 Å². The molecule has 4 nitrogen and oxygen atoms in total. The maximum absolute atomic E-state index is 13.4. The van der Waals surface area contributed by atoms with Crippen LogP contribution in [-0.2, 0) is 0 Å². The number of urea groups is 1. The number of aliphatic hydroxyl groups excluding tert-OH is 1. The van der Waals surface area contributed by atoms with Crippen molar-refractivity contribution in [3.8, 4) is 0 Å². The fraction of sp³-hybridized carbons (Fsp3) is 0.133. The number of anilines is 1. The third kappa shape index (κ3) is 3.76. The summed E-state index contributed by atoms with van der Waals surface area (Å²) in [6, 6.07) is 7.78. The second-order valence-electron chi connectivity index (χ2n) is 4.47. The van der Waals surface area contributed by atoms with Gasteiger partial charge < -0.3 is 15.7 Å². The van der Waals surface area contributed by atoms with Crippen molar-refractivity contribution in [2.75, 3.05) is 11.9 Å². The Bertz CT molecular complexity index is 659. The standard InChI is InChI=1S/C15H13F3N2O2/c16-10-5-2-1-4-9(10)13(21)8-19-15(22)20-14-11(17)6-3-7-12(14)18/h1-7,13,21H,8H2,(H2,19,20,22). The number of nitrogens with one attached hydrogen (secondary N) is 2. The SMILES string of the molecule is O=C(NCC(O)c1ccccc1F)Nc1c(F)cccc1F. The summed E-state index contributed by atoms with van der Waals surface area (Å²) in [7, 11) is 0. The van der Waals surface area contributed by atoms with Crippen LogP contribution in [0.4, 0.5) is 23.7 Å². The minimum absolute atomic E-state index is 0.0138. The molecule has 0 fully saturated rings. The van der Waals surface area contributed by atoms with Gasteiger partial charge in [0.1, 0.15) is 23.1 Å². The highest BCUT2D eigenvalue weighted by atomic mass is 19.1. The molecule has 2 aromatic rings. The molecule has 0 aliphatic carbocycles. The van der Waals surface area contributed by atoms with E-state index in [-0.39, 0.29) is 12.1 Å². The Morgan fingerprint density at radius 1 is 1.00 bits per heavy atom. The minimum Gasteiger partial charge on any atom is -0.386 e. The number of hydrogen-bond donors (Lipinski definition) is 3. The quantitative estimate of drug-likeness (QED) is 0.813. The van der Waals surface area contributed by atoms with Crippen LogP contribution in [0, 0.1) is 17.5 Å². The molecule has 0 bridgehead atoms. The smallest absolute Gasteiger partial charge is 0.319 e. The average molecular weight is 310 g/mol. The lowest BCUT2D eigenvalue weighted by molar-refractivity contribution is 0.170. The van der Waals surface area contributed by atoms with E-state index in [1.807, 2.05) is 5.32 Å². The van der Waals surface area contributed by atoms with Gasteiger partial charge in [0.05, 0.1) is 6.10 Å². The second-order valence-corrected chi connectivity index (χ2v) is 4.47. The van der Waals surface area contributed by atoms with Crippen molar-refractivity contribution >= 4 is 11.7 Å². The summed E-state index contributed by atoms with van der Waals surface area (Å²) in [5.74, 6) is -2.47. The van der Waals surface area contributed by atoms with Crippen molar-refractivity contribution < 1.29 is 23.1 Å². The van der Waals surface area contributed by atoms with Gasteiger partial charge in [0.15, 0.2) is 0 Å². The summed E-state index contributed by atoms with van der Waals surface area (Å²) < 4.78 is 40.1. The van der Waals surface area contributed by atoms with Crippen LogP contribution in [0.15, 0.2) is 42.5 Å². The molecule has 7 heteroatoms. The van der Waals surface area contributed by atoms with Crippen LogP contribution in [0.2, 0.25) is 0 Å². The number of halogens is 3. The molecule has 0 heterocycles. The van der Waals surface area contributed by atoms with E-state index in [9.17, 15) is 23.1 Å². The van der Waals surface area contributed by atoms with Gasteiger partial charge >= 0.3 is 6.03 Å². The number of carbonyl (C=O) groups excluding carboxylic acids is 1. The predicted octanol–water partition coefficient (Wildman–Crippen LogP) is 2.96. The normalized spacial score (nSPS) is 11.8. The monoisotopic (exact) mass is 310 g/mol. The molecule has 2 amide bonds. The van der Waals surface area contributed by atoms with Crippen molar-refractivity contribution in [3.63, 3.8) is 0 Å². The number of para-hydroxylation sites is 1. The average Bonchev–Trinajstić information content (AvgIpc) is 2.49. The zero-order valence-corrected chi connectivity index (χ0v) is 11.3. The van der Waals surface area contributed by atoms with Crippen molar-refractivity contribution in [2.24, 2.45) is 0 Å². The summed E-state index contributed by atoms with van der Waals surface area (Å²) >= 11 is 0. The molecule has 0 aromatic heterocycles. The number of aliphatic hydroxyl groups is 1. The zero-order chi connectivity index (χ0) is 16.1. The van der Waals surface area contributed by atoms with Crippen LogP contribution in [0.25, 0.3) is 0 Å². The van der Waals surface area contributed by atoms with E-state index < -0.39 is 35.3 Å². The Balaban J connectivity index is 1.95. The van der Waals surface area contributed by atoms with Crippen molar-refractivity contribution in [2.45, 2.75) is 6.10 Å². The summed E-state index contributed by atoms with van der Waals surface area (Å²) in [6.45, 7) is -0.317. The van der Waals surface area contributed by atoms with Gasteiger partial charge in [0.2, 0.25) is 0 Å². The van der Waals surface area contributed by atoms with E-state index in [0.717, 1.165) is 18.2 Å². The Morgan fingerprint density at radius 3 is 2.23 bits per heavy atom. The molecule has 0 saturated heterocycles. The van der Waals surface area contributed by atoms with Gasteiger partial charge in [-0.1, -0.05) is 24.3 Å². The second kappa shape index (κ2) is 6.95. The first-order chi connectivity index (χ1) is 10.5. The first kappa shape index (κ1) is 15.8. The number of rotatable bonds is 4. The van der Waals surface area contributed by atoms with Crippen LogP contribution in [0.1, 0.15) is 11.7 Å². The molecule has 0 aliphatic heterocycles. The lowest BCUT2D eigenvalue weighted by atomic mass is 10.1. The van der Waals surface area contributed by atoms with E-state index in [1.54, 1.807) is 0 Å². The number of benzene rings is 2. The van der Waals surface area contributed by atoms with Gasteiger partial charge in [-0.3, -0.25) is 0 Å². The first-order valence-corrected chi connectivity index (χ1v) is 6.40. The van der Waals surface area contributed by atoms with E-state index >= 15 is 0 Å². The fourth-order valence-corrected chi connectivity index (χ4v) is 1.82. The Labute approximate surface area is 124 Å². The lowest BCUT2D eigenvalue weighted by Gasteiger charge is -2.14. The van der Waals surface area contributed by atoms with Gasteiger partial charge in [-0.2, -0.15) is 0 Å². The van der Waals surface area contributed by atoms with Gasteiger partial charge in [-0.05, 0) is 18.2 Å². The number of hydrogen-bond acceptors (Lipinski definition) is 2. The predicted molar refractivity (Wildman–Crippen MR) is 74.7 cm³/mol. The van der Waals surface area contributed by atoms with E-state index in [1.165, 1.54) is 24.3 Å². The highest BCUT2D eigenvalue weighted by Crippen LogP contribution is 2.18. The summed E-state index contributed by atoms with van der Waals surface area (Å²) in [4.78, 5) is 11.6. The molecule has 22 heavy (non-hydrogen) atoms. The van der Waals surface area contributed by atoms with Crippen LogP contribution < -0.4 is 10.6 Å². The Kier molecular flexibility index (Phi) is 5.00. The third-order valence-electron chi connectivity index (χ3n) is 2.92. The summed E-state index contributed by atoms with van der Waals surface area (Å²) in [5.41, 5.74) is -0.583. The molecule has 2 aromatic carbocycles. The highest BCUT2D eigenvalue weighted by Gasteiger charge is 2.15. The molecule has 0 spiro atoms. The molecular formula is C15H13F3N2O2. The molecule has 0 saturated carbocycles. The van der Waals surface area contributed by atoms with Crippen LogP contribution >= 0.6 is 0 Å². The number of carbonyl (C=O) groups is 1. The van der Waals surface area contributed by atoms with Crippen molar-refractivity contribution in [1.82, 2.24) is 5.32 Å². The molecule has 1 unspecified atom stereocenters.